The van der Waals surface area contributed by atoms with Gasteiger partial charge >= 0.3 is 121 Å². The summed E-state index contributed by atoms with van der Waals surface area (Å²) in [6.07, 6.45) is 5.93. The minimum atomic E-state index is -2.07. The first-order valence-corrected chi connectivity index (χ1v) is 11.7. The SMILES string of the molecule is CC(C)(C)[NH][Ti]([CH3])([CH3])[C]1=CC(c2ccccc2)=CC1.[SiH4]. The molecule has 0 radical (unpaired) electrons. The topological polar surface area (TPSA) is 12.0 Å². The normalized spacial score (nSPS) is 15.4. The molecule has 0 unspecified atom stereocenters. The molecule has 1 aliphatic rings. The van der Waals surface area contributed by atoms with Gasteiger partial charge in [-0.2, -0.15) is 0 Å². The van der Waals surface area contributed by atoms with E-state index >= 15 is 0 Å². The van der Waals surface area contributed by atoms with Crippen molar-refractivity contribution in [3.63, 3.8) is 0 Å². The predicted molar refractivity (Wildman–Crippen MR) is 93.1 cm³/mol. The molecule has 110 valence electrons. The molecule has 2 rings (SSSR count). The van der Waals surface area contributed by atoms with E-state index in [2.05, 4.69) is 77.5 Å². The minimum Gasteiger partial charge on any atom is -0.0149 e. The monoisotopic (exact) mass is 323 g/mol. The van der Waals surface area contributed by atoms with Crippen molar-refractivity contribution in [2.24, 2.45) is 0 Å². The van der Waals surface area contributed by atoms with Crippen LogP contribution in [0.5, 0.6) is 0 Å². The molecule has 0 heterocycles. The third-order valence-corrected chi connectivity index (χ3v) is 8.67. The van der Waals surface area contributed by atoms with Crippen molar-refractivity contribution >= 4 is 16.5 Å². The Kier molecular flexibility index (Phi) is 5.80. The smallest absolute Gasteiger partial charge is 0.0149 e. The van der Waals surface area contributed by atoms with Crippen LogP contribution in [-0.2, 0) is 16.8 Å². The molecule has 0 atom stereocenters. The van der Waals surface area contributed by atoms with E-state index in [4.69, 9.17) is 0 Å². The molecule has 0 aliphatic heterocycles. The molecule has 0 saturated heterocycles. The molecule has 1 aliphatic carbocycles. The van der Waals surface area contributed by atoms with Gasteiger partial charge < -0.3 is 0 Å². The Morgan fingerprint density at radius 2 is 1.65 bits per heavy atom. The first kappa shape index (κ1) is 17.6. The first-order valence-electron chi connectivity index (χ1n) is 7.04. The van der Waals surface area contributed by atoms with Gasteiger partial charge in [0.05, 0.1) is 0 Å². The van der Waals surface area contributed by atoms with Crippen molar-refractivity contribution in [2.45, 2.75) is 43.2 Å². The fraction of sp³-hybridized carbons (Fsp3) is 0.412. The number of hydrogen-bond acceptors (Lipinski definition) is 1. The summed E-state index contributed by atoms with van der Waals surface area (Å²) in [4.78, 5) is 0. The Hall–Kier alpha value is -0.409. The van der Waals surface area contributed by atoms with Gasteiger partial charge in [0.15, 0.2) is 0 Å². The Labute approximate surface area is 132 Å². The van der Waals surface area contributed by atoms with Crippen LogP contribution in [-0.4, -0.2) is 16.5 Å². The van der Waals surface area contributed by atoms with Crippen LogP contribution in [0.1, 0.15) is 32.8 Å². The quantitative estimate of drug-likeness (QED) is 0.840. The van der Waals surface area contributed by atoms with E-state index in [0.29, 0.717) is 0 Å². The van der Waals surface area contributed by atoms with E-state index in [1.807, 2.05) is 0 Å². The largest absolute Gasteiger partial charge is 0.0149 e. The van der Waals surface area contributed by atoms with Crippen LogP contribution >= 0.6 is 0 Å². The van der Waals surface area contributed by atoms with Crippen molar-refractivity contribution in [3.05, 3.63) is 51.9 Å². The van der Waals surface area contributed by atoms with Crippen LogP contribution in [0, 0.1) is 0 Å². The molecule has 20 heavy (non-hydrogen) atoms. The Morgan fingerprint density at radius 1 is 1.05 bits per heavy atom. The van der Waals surface area contributed by atoms with Gasteiger partial charge in [0, 0.05) is 0 Å². The molecule has 0 saturated carbocycles. The molecule has 0 spiro atoms. The van der Waals surface area contributed by atoms with E-state index in [1.165, 1.54) is 11.1 Å². The molecule has 1 aromatic carbocycles. The van der Waals surface area contributed by atoms with Gasteiger partial charge in [-0.15, -0.1) is 0 Å². The summed E-state index contributed by atoms with van der Waals surface area (Å²) in [5, 5.41) is 4.91. The van der Waals surface area contributed by atoms with Crippen molar-refractivity contribution in [2.75, 3.05) is 0 Å². The van der Waals surface area contributed by atoms with Gasteiger partial charge in [0.1, 0.15) is 0 Å². The molecule has 0 fully saturated rings. The molecule has 1 N–H and O–H groups in total. The van der Waals surface area contributed by atoms with Crippen molar-refractivity contribution in [3.8, 4) is 0 Å². The van der Waals surface area contributed by atoms with Crippen molar-refractivity contribution < 1.29 is 16.8 Å². The van der Waals surface area contributed by atoms with Crippen LogP contribution in [0.2, 0.25) is 10.5 Å². The number of nitrogens with one attached hydrogen (secondary N) is 1. The van der Waals surface area contributed by atoms with Crippen LogP contribution in [0.25, 0.3) is 5.57 Å². The number of allylic oxidation sites excluding steroid dienone is 4. The maximum atomic E-state index is 3.90. The summed E-state index contributed by atoms with van der Waals surface area (Å²) in [6.45, 7) is 6.79. The molecular formula is C17H29NSiTi. The van der Waals surface area contributed by atoms with Gasteiger partial charge in [-0.25, -0.2) is 0 Å². The minimum absolute atomic E-state index is 0. The fourth-order valence-electron chi connectivity index (χ4n) is 2.81. The van der Waals surface area contributed by atoms with Gasteiger partial charge in [-0.3, -0.25) is 0 Å². The van der Waals surface area contributed by atoms with Crippen molar-refractivity contribution in [1.82, 2.24) is 3.80 Å². The third kappa shape index (κ3) is 4.56. The first-order chi connectivity index (χ1) is 8.78. The Bertz CT molecular complexity index is 510. The van der Waals surface area contributed by atoms with Crippen LogP contribution in [0.3, 0.4) is 0 Å². The molecule has 3 heteroatoms. The van der Waals surface area contributed by atoms with Gasteiger partial charge in [0.25, 0.3) is 0 Å². The molecular weight excluding hydrogens is 294 g/mol. The number of benzene rings is 1. The summed E-state index contributed by atoms with van der Waals surface area (Å²) in [5.41, 5.74) is 2.94. The zero-order valence-electron chi connectivity index (χ0n) is 12.7. The molecule has 0 amide bonds. The fourth-order valence-corrected chi connectivity index (χ4v) is 7.75. The second-order valence-corrected chi connectivity index (χ2v) is 13.4. The van der Waals surface area contributed by atoms with E-state index in [9.17, 15) is 0 Å². The average molecular weight is 323 g/mol. The summed E-state index contributed by atoms with van der Waals surface area (Å²) in [5.74, 6) is 0. The maximum absolute atomic E-state index is 3.90. The zero-order chi connectivity index (χ0) is 14.1. The number of rotatable bonds is 3. The van der Waals surface area contributed by atoms with E-state index in [1.54, 1.807) is 3.88 Å². The number of hydrogen-bond donors (Lipinski definition) is 1. The third-order valence-electron chi connectivity index (χ3n) is 3.47. The van der Waals surface area contributed by atoms with Gasteiger partial charge in [0.2, 0.25) is 0 Å². The zero-order valence-corrected chi connectivity index (χ0v) is 14.3. The second-order valence-electron chi connectivity index (χ2n) is 6.90. The summed E-state index contributed by atoms with van der Waals surface area (Å²) in [7, 11) is 0. The van der Waals surface area contributed by atoms with Crippen LogP contribution in [0.4, 0.5) is 0 Å². The maximum Gasteiger partial charge on any atom is -0.0149 e. The summed E-state index contributed by atoms with van der Waals surface area (Å²) in [6, 6.07) is 10.7. The molecule has 1 nitrogen and oxygen atoms in total. The standard InChI is InChI=1S/C11H9.C4H10N.2CH3.H4Si.Ti/c1-2-6-10(7-3-1)11-8-4-5-9-11;1-4(2,3)5;;;;/h1-3,6-9H,4H2;5H,1-3H3;2*1H3;1H4;/q;-1;;;;+1. The molecule has 0 bridgehead atoms. The van der Waals surface area contributed by atoms with Gasteiger partial charge in [-0.1, -0.05) is 0 Å². The molecule has 0 aromatic heterocycles. The Morgan fingerprint density at radius 3 is 2.20 bits per heavy atom. The summed E-state index contributed by atoms with van der Waals surface area (Å²) < 4.78 is 5.54. The molecule has 1 aromatic rings. The van der Waals surface area contributed by atoms with E-state index in [0.717, 1.165) is 6.42 Å². The van der Waals surface area contributed by atoms with Gasteiger partial charge in [-0.05, 0) is 11.0 Å². The van der Waals surface area contributed by atoms with Crippen molar-refractivity contribution in [1.29, 1.82) is 0 Å². The summed E-state index contributed by atoms with van der Waals surface area (Å²) >= 11 is -2.07. The van der Waals surface area contributed by atoms with E-state index < -0.39 is 16.8 Å². The second kappa shape index (κ2) is 6.57. The van der Waals surface area contributed by atoms with Crippen LogP contribution in [0.15, 0.2) is 46.4 Å². The Balaban J connectivity index is 0.00000200. The van der Waals surface area contributed by atoms with E-state index in [-0.39, 0.29) is 16.5 Å². The average Bonchev–Trinajstić information content (AvgIpc) is 2.77. The predicted octanol–water partition coefficient (Wildman–Crippen LogP) is 3.46. The van der Waals surface area contributed by atoms with Crippen LogP contribution < -0.4 is 3.80 Å².